The van der Waals surface area contributed by atoms with Crippen molar-refractivity contribution in [3.05, 3.63) is 0 Å². The fraction of sp³-hybridized carbons (Fsp3) is 1.00. The van der Waals surface area contributed by atoms with Gasteiger partial charge in [-0.1, -0.05) is 19.3 Å². The van der Waals surface area contributed by atoms with E-state index in [1.54, 1.807) is 0 Å². The molecule has 90 valence electrons. The van der Waals surface area contributed by atoms with E-state index in [0.29, 0.717) is 11.8 Å². The van der Waals surface area contributed by atoms with Gasteiger partial charge in [0.15, 0.2) is 0 Å². The minimum absolute atomic E-state index is 0. The van der Waals surface area contributed by atoms with Crippen molar-refractivity contribution in [1.82, 2.24) is 5.32 Å². The van der Waals surface area contributed by atoms with Crippen molar-refractivity contribution < 1.29 is 4.39 Å². The summed E-state index contributed by atoms with van der Waals surface area (Å²) in [5.41, 5.74) is 0. The summed E-state index contributed by atoms with van der Waals surface area (Å²) in [6.45, 7) is 2.05. The number of halogens is 2. The first kappa shape index (κ1) is 13.2. The molecular weight excluding hydrogens is 213 g/mol. The molecule has 1 heterocycles. The molecule has 2 rings (SSSR count). The van der Waals surface area contributed by atoms with Crippen molar-refractivity contribution in [2.45, 2.75) is 51.1 Å². The summed E-state index contributed by atoms with van der Waals surface area (Å²) in [5, 5.41) is 3.31. The molecule has 0 aromatic carbocycles. The Morgan fingerprint density at radius 1 is 0.867 bits per heavy atom. The Morgan fingerprint density at radius 3 is 2.00 bits per heavy atom. The minimum atomic E-state index is -0.502. The van der Waals surface area contributed by atoms with E-state index in [1.165, 1.54) is 19.3 Å². The van der Waals surface area contributed by atoms with Crippen LogP contribution in [-0.2, 0) is 0 Å². The predicted octanol–water partition coefficient (Wildman–Crippen LogP) is 3.33. The molecule has 0 aromatic heterocycles. The smallest absolute Gasteiger partial charge is 0.106 e. The Labute approximate surface area is 98.6 Å². The van der Waals surface area contributed by atoms with Crippen LogP contribution < -0.4 is 5.32 Å². The molecule has 0 spiro atoms. The molecule has 0 radical (unpaired) electrons. The second-order valence-corrected chi connectivity index (χ2v) is 4.93. The first-order valence-corrected chi connectivity index (χ1v) is 6.22. The molecule has 15 heavy (non-hydrogen) atoms. The molecule has 0 aromatic rings. The molecule has 1 unspecified atom stereocenters. The highest BCUT2D eigenvalue weighted by Crippen LogP contribution is 2.34. The molecular formula is C12H23ClFN. The fourth-order valence-corrected chi connectivity index (χ4v) is 3.00. The maximum atomic E-state index is 14.1. The van der Waals surface area contributed by atoms with E-state index in [4.69, 9.17) is 0 Å². The Bertz CT molecular complexity index is 147. The number of rotatable bonds is 2. The van der Waals surface area contributed by atoms with Crippen LogP contribution in [0.4, 0.5) is 4.39 Å². The molecule has 1 atom stereocenters. The van der Waals surface area contributed by atoms with Crippen LogP contribution in [-0.4, -0.2) is 19.3 Å². The van der Waals surface area contributed by atoms with Gasteiger partial charge in [-0.2, -0.15) is 0 Å². The molecule has 2 fully saturated rings. The average Bonchev–Trinajstić information content (AvgIpc) is 2.30. The van der Waals surface area contributed by atoms with E-state index in [2.05, 4.69) is 5.32 Å². The highest BCUT2D eigenvalue weighted by molar-refractivity contribution is 5.85. The molecule has 1 nitrogen and oxygen atoms in total. The summed E-state index contributed by atoms with van der Waals surface area (Å²) in [4.78, 5) is 0. The van der Waals surface area contributed by atoms with Gasteiger partial charge in [-0.05, 0) is 50.6 Å². The Hall–Kier alpha value is 0.180. The molecule has 3 heteroatoms. The molecule has 1 saturated carbocycles. The lowest BCUT2D eigenvalue weighted by atomic mass is 9.78. The van der Waals surface area contributed by atoms with Gasteiger partial charge in [-0.3, -0.25) is 0 Å². The monoisotopic (exact) mass is 235 g/mol. The first-order valence-electron chi connectivity index (χ1n) is 6.22. The topological polar surface area (TPSA) is 12.0 Å². The van der Waals surface area contributed by atoms with Gasteiger partial charge in [0.05, 0.1) is 0 Å². The van der Waals surface area contributed by atoms with Gasteiger partial charge < -0.3 is 5.32 Å². The number of hydrogen-bond acceptors (Lipinski definition) is 1. The third kappa shape index (κ3) is 3.60. The van der Waals surface area contributed by atoms with Crippen LogP contribution in [0.1, 0.15) is 44.9 Å². The highest BCUT2D eigenvalue weighted by atomic mass is 35.5. The summed E-state index contributed by atoms with van der Waals surface area (Å²) < 4.78 is 14.1. The zero-order valence-corrected chi connectivity index (χ0v) is 10.2. The SMILES string of the molecule is Cl.FC(C1CCCCC1)C1CCNCC1. The van der Waals surface area contributed by atoms with Crippen LogP contribution in [0.2, 0.25) is 0 Å². The Kier molecular flexibility index (Phi) is 5.91. The van der Waals surface area contributed by atoms with Crippen molar-refractivity contribution in [3.63, 3.8) is 0 Å². The molecule has 1 aliphatic heterocycles. The third-order valence-electron chi connectivity index (χ3n) is 3.93. The summed E-state index contributed by atoms with van der Waals surface area (Å²) in [6.07, 6.45) is 7.74. The molecule has 2 aliphatic rings. The van der Waals surface area contributed by atoms with E-state index in [-0.39, 0.29) is 12.4 Å². The number of hydrogen-bond donors (Lipinski definition) is 1. The second kappa shape index (κ2) is 6.70. The standard InChI is InChI=1S/C12H22FN.ClH/c13-12(10-4-2-1-3-5-10)11-6-8-14-9-7-11;/h10-12,14H,1-9H2;1H. The van der Waals surface area contributed by atoms with Crippen LogP contribution in [0.15, 0.2) is 0 Å². The van der Waals surface area contributed by atoms with Crippen LogP contribution in [0.25, 0.3) is 0 Å². The normalized spacial score (nSPS) is 27.0. The van der Waals surface area contributed by atoms with Crippen molar-refractivity contribution >= 4 is 12.4 Å². The third-order valence-corrected chi connectivity index (χ3v) is 3.93. The highest BCUT2D eigenvalue weighted by Gasteiger charge is 2.30. The maximum absolute atomic E-state index is 14.1. The van der Waals surface area contributed by atoms with E-state index in [0.717, 1.165) is 38.8 Å². The molecule has 1 saturated heterocycles. The van der Waals surface area contributed by atoms with E-state index in [9.17, 15) is 4.39 Å². The van der Waals surface area contributed by atoms with Crippen LogP contribution in [0.3, 0.4) is 0 Å². The van der Waals surface area contributed by atoms with Gasteiger partial charge >= 0.3 is 0 Å². The number of piperidine rings is 1. The largest absolute Gasteiger partial charge is 0.317 e. The van der Waals surface area contributed by atoms with Crippen molar-refractivity contribution in [2.24, 2.45) is 11.8 Å². The maximum Gasteiger partial charge on any atom is 0.106 e. The summed E-state index contributed by atoms with van der Waals surface area (Å²) in [6, 6.07) is 0. The molecule has 1 aliphatic carbocycles. The van der Waals surface area contributed by atoms with E-state index < -0.39 is 6.17 Å². The van der Waals surface area contributed by atoms with Crippen LogP contribution in [0, 0.1) is 11.8 Å². The summed E-state index contributed by atoms with van der Waals surface area (Å²) in [7, 11) is 0. The van der Waals surface area contributed by atoms with Crippen molar-refractivity contribution in [2.75, 3.05) is 13.1 Å². The molecule has 0 amide bonds. The van der Waals surface area contributed by atoms with Gasteiger partial charge in [-0.25, -0.2) is 4.39 Å². The lowest BCUT2D eigenvalue weighted by molar-refractivity contribution is 0.0995. The lowest BCUT2D eigenvalue weighted by Gasteiger charge is -2.32. The zero-order valence-electron chi connectivity index (χ0n) is 9.38. The summed E-state index contributed by atoms with van der Waals surface area (Å²) >= 11 is 0. The number of alkyl halides is 1. The lowest BCUT2D eigenvalue weighted by Crippen LogP contribution is -2.36. The van der Waals surface area contributed by atoms with Crippen molar-refractivity contribution in [3.8, 4) is 0 Å². The van der Waals surface area contributed by atoms with Gasteiger partial charge in [-0.15, -0.1) is 12.4 Å². The van der Waals surface area contributed by atoms with E-state index >= 15 is 0 Å². The minimum Gasteiger partial charge on any atom is -0.317 e. The van der Waals surface area contributed by atoms with Gasteiger partial charge in [0.2, 0.25) is 0 Å². The Balaban J connectivity index is 0.00000112. The van der Waals surface area contributed by atoms with Gasteiger partial charge in [0, 0.05) is 0 Å². The second-order valence-electron chi connectivity index (χ2n) is 4.93. The first-order chi connectivity index (χ1) is 6.88. The van der Waals surface area contributed by atoms with Crippen LogP contribution >= 0.6 is 12.4 Å². The quantitative estimate of drug-likeness (QED) is 0.774. The van der Waals surface area contributed by atoms with Crippen molar-refractivity contribution in [1.29, 1.82) is 0 Å². The van der Waals surface area contributed by atoms with Crippen LogP contribution in [0.5, 0.6) is 0 Å². The predicted molar refractivity (Wildman–Crippen MR) is 64.3 cm³/mol. The van der Waals surface area contributed by atoms with Gasteiger partial charge in [0.25, 0.3) is 0 Å². The van der Waals surface area contributed by atoms with Gasteiger partial charge in [0.1, 0.15) is 6.17 Å². The van der Waals surface area contributed by atoms with E-state index in [1.807, 2.05) is 0 Å². The average molecular weight is 236 g/mol. The Morgan fingerprint density at radius 2 is 1.40 bits per heavy atom. The molecule has 0 bridgehead atoms. The summed E-state index contributed by atoms with van der Waals surface area (Å²) in [5.74, 6) is 0.756. The number of nitrogens with one attached hydrogen (secondary N) is 1. The zero-order chi connectivity index (χ0) is 9.80. The molecule has 1 N–H and O–H groups in total. The fourth-order valence-electron chi connectivity index (χ4n) is 3.00.